The normalized spacial score (nSPS) is 12.0. The molecule has 1 unspecified atom stereocenters. The maximum atomic E-state index is 14.0. The molecule has 106 valence electrons. The Balaban J connectivity index is 2.21. The van der Waals surface area contributed by atoms with Crippen LogP contribution in [0, 0.1) is 5.82 Å². The number of hydrogen-bond donors (Lipinski definition) is 1. The van der Waals surface area contributed by atoms with Crippen LogP contribution in [0.4, 0.5) is 4.39 Å². The molecule has 20 heavy (non-hydrogen) atoms. The molecule has 2 rings (SSSR count). The van der Waals surface area contributed by atoms with Crippen LogP contribution in [0.5, 0.6) is 11.6 Å². The summed E-state index contributed by atoms with van der Waals surface area (Å²) in [5.41, 5.74) is 0.813. The van der Waals surface area contributed by atoms with Crippen molar-refractivity contribution in [1.29, 1.82) is 0 Å². The molecule has 0 saturated carbocycles. The van der Waals surface area contributed by atoms with Crippen LogP contribution < -0.4 is 9.47 Å². The first-order valence-corrected chi connectivity index (χ1v) is 6.16. The largest absolute Gasteiger partial charge is 0.494 e. The third kappa shape index (κ3) is 3.05. The van der Waals surface area contributed by atoms with E-state index in [9.17, 15) is 9.50 Å². The lowest BCUT2D eigenvalue weighted by atomic mass is 10.0. The Morgan fingerprint density at radius 3 is 2.60 bits per heavy atom. The SMILES string of the molecule is COc1cccc(C(O)Cc2cccc(OC)c2F)n1. The third-order valence-electron chi connectivity index (χ3n) is 2.97. The van der Waals surface area contributed by atoms with Crippen LogP contribution in [0.3, 0.4) is 0 Å². The molecule has 0 saturated heterocycles. The summed E-state index contributed by atoms with van der Waals surface area (Å²) in [5, 5.41) is 10.2. The summed E-state index contributed by atoms with van der Waals surface area (Å²) in [6.45, 7) is 0. The molecule has 1 heterocycles. The van der Waals surface area contributed by atoms with E-state index in [1.165, 1.54) is 20.3 Å². The second-order valence-electron chi connectivity index (χ2n) is 4.26. The van der Waals surface area contributed by atoms with E-state index in [0.717, 1.165) is 0 Å². The van der Waals surface area contributed by atoms with Crippen LogP contribution in [-0.2, 0) is 6.42 Å². The van der Waals surface area contributed by atoms with Gasteiger partial charge < -0.3 is 14.6 Å². The van der Waals surface area contributed by atoms with Gasteiger partial charge in [0.1, 0.15) is 6.10 Å². The Bertz CT molecular complexity index is 589. The summed E-state index contributed by atoms with van der Waals surface area (Å²) in [6.07, 6.45) is -0.796. The first-order valence-electron chi connectivity index (χ1n) is 6.16. The highest BCUT2D eigenvalue weighted by Crippen LogP contribution is 2.25. The van der Waals surface area contributed by atoms with E-state index in [1.54, 1.807) is 30.3 Å². The highest BCUT2D eigenvalue weighted by atomic mass is 19.1. The Kier molecular flexibility index (Phi) is 4.53. The third-order valence-corrected chi connectivity index (χ3v) is 2.97. The van der Waals surface area contributed by atoms with Crippen molar-refractivity contribution in [3.8, 4) is 11.6 Å². The molecular weight excluding hydrogens is 261 g/mol. The van der Waals surface area contributed by atoms with Crippen LogP contribution in [0.1, 0.15) is 17.4 Å². The van der Waals surface area contributed by atoms with E-state index in [2.05, 4.69) is 4.98 Å². The molecular formula is C15H16FNO3. The van der Waals surface area contributed by atoms with E-state index in [1.807, 2.05) is 0 Å². The first kappa shape index (κ1) is 14.3. The van der Waals surface area contributed by atoms with Crippen LogP contribution in [-0.4, -0.2) is 24.3 Å². The highest BCUT2D eigenvalue weighted by Gasteiger charge is 2.15. The highest BCUT2D eigenvalue weighted by molar-refractivity contribution is 5.32. The van der Waals surface area contributed by atoms with Crippen molar-refractivity contribution in [3.05, 3.63) is 53.5 Å². The molecule has 0 aliphatic carbocycles. The van der Waals surface area contributed by atoms with Gasteiger partial charge in [-0.05, 0) is 17.7 Å². The monoisotopic (exact) mass is 277 g/mol. The number of aliphatic hydroxyl groups is 1. The van der Waals surface area contributed by atoms with E-state index < -0.39 is 11.9 Å². The van der Waals surface area contributed by atoms with Crippen molar-refractivity contribution in [3.63, 3.8) is 0 Å². The zero-order chi connectivity index (χ0) is 14.5. The lowest BCUT2D eigenvalue weighted by Crippen LogP contribution is -2.06. The van der Waals surface area contributed by atoms with Crippen molar-refractivity contribution in [2.24, 2.45) is 0 Å². The molecule has 2 aromatic rings. The molecule has 5 heteroatoms. The van der Waals surface area contributed by atoms with Crippen LogP contribution >= 0.6 is 0 Å². The van der Waals surface area contributed by atoms with Crippen molar-refractivity contribution < 1.29 is 19.0 Å². The predicted octanol–water partition coefficient (Wildman–Crippen LogP) is 2.51. The standard InChI is InChI=1S/C15H16FNO3/c1-19-13-7-3-5-10(15(13)16)9-12(18)11-6-4-8-14(17-11)20-2/h3-8,12,18H,9H2,1-2H3. The van der Waals surface area contributed by atoms with Crippen molar-refractivity contribution in [1.82, 2.24) is 4.98 Å². The maximum absolute atomic E-state index is 14.0. The number of nitrogens with zero attached hydrogens (tertiary/aromatic N) is 1. The Labute approximate surface area is 116 Å². The number of hydrogen-bond acceptors (Lipinski definition) is 4. The number of methoxy groups -OCH3 is 2. The van der Waals surface area contributed by atoms with Gasteiger partial charge in [0, 0.05) is 12.5 Å². The Hall–Kier alpha value is -2.14. The molecule has 1 N–H and O–H groups in total. The number of ether oxygens (including phenoxy) is 2. The van der Waals surface area contributed by atoms with E-state index >= 15 is 0 Å². The van der Waals surface area contributed by atoms with Crippen molar-refractivity contribution >= 4 is 0 Å². The summed E-state index contributed by atoms with van der Waals surface area (Å²) < 4.78 is 23.9. The summed E-state index contributed by atoms with van der Waals surface area (Å²) in [4.78, 5) is 4.13. The van der Waals surface area contributed by atoms with Crippen molar-refractivity contribution in [2.75, 3.05) is 14.2 Å². The fourth-order valence-corrected chi connectivity index (χ4v) is 1.91. The van der Waals surface area contributed by atoms with Gasteiger partial charge in [0.2, 0.25) is 5.88 Å². The van der Waals surface area contributed by atoms with E-state index in [-0.39, 0.29) is 12.2 Å². The Morgan fingerprint density at radius 1 is 1.15 bits per heavy atom. The average molecular weight is 277 g/mol. The van der Waals surface area contributed by atoms with Gasteiger partial charge in [-0.2, -0.15) is 0 Å². The van der Waals surface area contributed by atoms with Gasteiger partial charge in [-0.15, -0.1) is 0 Å². The van der Waals surface area contributed by atoms with Crippen LogP contribution in [0.15, 0.2) is 36.4 Å². The van der Waals surface area contributed by atoms with Crippen LogP contribution in [0.25, 0.3) is 0 Å². The molecule has 4 nitrogen and oxygen atoms in total. The zero-order valence-electron chi connectivity index (χ0n) is 11.3. The molecule has 1 aromatic carbocycles. The first-order chi connectivity index (χ1) is 9.65. The summed E-state index contributed by atoms with van der Waals surface area (Å²) in [7, 11) is 2.91. The Morgan fingerprint density at radius 2 is 1.90 bits per heavy atom. The number of halogens is 1. The van der Waals surface area contributed by atoms with E-state index in [0.29, 0.717) is 17.1 Å². The number of pyridine rings is 1. The zero-order valence-corrected chi connectivity index (χ0v) is 11.3. The molecule has 0 aliphatic rings. The van der Waals surface area contributed by atoms with Gasteiger partial charge in [0.25, 0.3) is 0 Å². The van der Waals surface area contributed by atoms with Crippen molar-refractivity contribution in [2.45, 2.75) is 12.5 Å². The average Bonchev–Trinajstić information content (AvgIpc) is 2.49. The molecule has 0 spiro atoms. The fourth-order valence-electron chi connectivity index (χ4n) is 1.91. The molecule has 0 radical (unpaired) electrons. The topological polar surface area (TPSA) is 51.6 Å². The number of benzene rings is 1. The molecule has 1 aromatic heterocycles. The van der Waals surface area contributed by atoms with Crippen LogP contribution in [0.2, 0.25) is 0 Å². The van der Waals surface area contributed by atoms with Gasteiger partial charge in [0.05, 0.1) is 19.9 Å². The quantitative estimate of drug-likeness (QED) is 0.912. The minimum atomic E-state index is -0.910. The van der Waals surface area contributed by atoms with Gasteiger partial charge in [-0.1, -0.05) is 18.2 Å². The lowest BCUT2D eigenvalue weighted by Gasteiger charge is -2.13. The van der Waals surface area contributed by atoms with Gasteiger partial charge in [-0.3, -0.25) is 0 Å². The van der Waals surface area contributed by atoms with Gasteiger partial charge >= 0.3 is 0 Å². The molecule has 0 fully saturated rings. The van der Waals surface area contributed by atoms with Gasteiger partial charge in [-0.25, -0.2) is 9.37 Å². The fraction of sp³-hybridized carbons (Fsp3) is 0.267. The van der Waals surface area contributed by atoms with Gasteiger partial charge in [0.15, 0.2) is 11.6 Å². The molecule has 0 aliphatic heterocycles. The lowest BCUT2D eigenvalue weighted by molar-refractivity contribution is 0.171. The number of rotatable bonds is 5. The smallest absolute Gasteiger partial charge is 0.213 e. The molecule has 0 amide bonds. The summed E-state index contributed by atoms with van der Waals surface area (Å²) in [6, 6.07) is 9.92. The minimum Gasteiger partial charge on any atom is -0.494 e. The summed E-state index contributed by atoms with van der Waals surface area (Å²) in [5.74, 6) is 0.109. The second kappa shape index (κ2) is 6.34. The molecule has 0 bridgehead atoms. The maximum Gasteiger partial charge on any atom is 0.213 e. The number of aliphatic hydroxyl groups excluding tert-OH is 1. The molecule has 1 atom stereocenters. The number of aromatic nitrogens is 1. The summed E-state index contributed by atoms with van der Waals surface area (Å²) >= 11 is 0. The minimum absolute atomic E-state index is 0.114. The van der Waals surface area contributed by atoms with E-state index in [4.69, 9.17) is 9.47 Å². The predicted molar refractivity (Wildman–Crippen MR) is 72.4 cm³/mol. The second-order valence-corrected chi connectivity index (χ2v) is 4.26.